The molecule has 19 heavy (non-hydrogen) atoms. The Kier molecular flexibility index (Phi) is 5.49. The predicted molar refractivity (Wildman–Crippen MR) is 85.8 cm³/mol. The van der Waals surface area contributed by atoms with Crippen molar-refractivity contribution >= 4 is 11.8 Å². The van der Waals surface area contributed by atoms with Crippen LogP contribution in [-0.2, 0) is 0 Å². The minimum Gasteiger partial charge on any atom is -0.305 e. The maximum absolute atomic E-state index is 3.67. The minimum atomic E-state index is 0.287. The molecule has 0 aliphatic carbocycles. The van der Waals surface area contributed by atoms with Gasteiger partial charge in [-0.2, -0.15) is 11.8 Å². The van der Waals surface area contributed by atoms with Gasteiger partial charge in [-0.1, -0.05) is 54.6 Å². The summed E-state index contributed by atoms with van der Waals surface area (Å²) in [5, 5.41) is 3.67. The summed E-state index contributed by atoms with van der Waals surface area (Å²) in [6.45, 7) is 3.20. The number of hydrogen-bond donors (Lipinski definition) is 1. The average molecular weight is 271 g/mol. The first kappa shape index (κ1) is 14.2. The Balaban J connectivity index is 2.27. The zero-order chi connectivity index (χ0) is 13.5. The molecule has 0 radical (unpaired) electrons. The van der Waals surface area contributed by atoms with Crippen molar-refractivity contribution in [2.75, 3.05) is 18.6 Å². The third-order valence-electron chi connectivity index (χ3n) is 3.29. The molecule has 1 N–H and O–H groups in total. The van der Waals surface area contributed by atoms with Crippen LogP contribution in [0.25, 0.3) is 0 Å². The molecule has 0 aliphatic heterocycles. The van der Waals surface area contributed by atoms with Crippen LogP contribution in [0.2, 0.25) is 0 Å². The second kappa shape index (κ2) is 7.37. The molecule has 2 aromatic rings. The van der Waals surface area contributed by atoms with Gasteiger partial charge in [-0.3, -0.25) is 0 Å². The topological polar surface area (TPSA) is 12.0 Å². The molecule has 2 rings (SSSR count). The molecule has 2 heteroatoms. The molecule has 1 unspecified atom stereocenters. The highest BCUT2D eigenvalue weighted by atomic mass is 32.2. The van der Waals surface area contributed by atoms with E-state index in [0.29, 0.717) is 0 Å². The van der Waals surface area contributed by atoms with Crippen molar-refractivity contribution < 1.29 is 0 Å². The summed E-state index contributed by atoms with van der Waals surface area (Å²) in [5.41, 5.74) is 4.04. The zero-order valence-corrected chi connectivity index (χ0v) is 12.4. The Bertz CT molecular complexity index is 496. The Morgan fingerprint density at radius 3 is 2.37 bits per heavy atom. The Morgan fingerprint density at radius 1 is 1.00 bits per heavy atom. The van der Waals surface area contributed by atoms with Gasteiger partial charge >= 0.3 is 0 Å². The van der Waals surface area contributed by atoms with Crippen LogP contribution in [0, 0.1) is 6.92 Å². The van der Waals surface area contributed by atoms with E-state index >= 15 is 0 Å². The Labute approximate surface area is 120 Å². The van der Waals surface area contributed by atoms with Gasteiger partial charge in [0.2, 0.25) is 0 Å². The number of aryl methyl sites for hydroxylation is 1. The van der Waals surface area contributed by atoms with E-state index in [4.69, 9.17) is 0 Å². The van der Waals surface area contributed by atoms with E-state index in [-0.39, 0.29) is 6.04 Å². The number of rotatable bonds is 6. The molecule has 0 amide bonds. The third-order valence-corrected chi connectivity index (χ3v) is 3.90. The van der Waals surface area contributed by atoms with Crippen molar-refractivity contribution in [3.8, 4) is 0 Å². The van der Waals surface area contributed by atoms with Crippen molar-refractivity contribution in [1.29, 1.82) is 0 Å². The molecule has 1 atom stereocenters. The highest BCUT2D eigenvalue weighted by molar-refractivity contribution is 7.98. The molecule has 0 heterocycles. The highest BCUT2D eigenvalue weighted by Crippen LogP contribution is 2.24. The molecule has 0 saturated heterocycles. The molecular weight excluding hydrogens is 250 g/mol. The molecule has 100 valence electrons. The van der Waals surface area contributed by atoms with Crippen LogP contribution in [-0.4, -0.2) is 18.6 Å². The van der Waals surface area contributed by atoms with E-state index in [1.54, 1.807) is 0 Å². The fourth-order valence-electron chi connectivity index (χ4n) is 2.27. The lowest BCUT2D eigenvalue weighted by Crippen LogP contribution is -2.25. The second-order valence-corrected chi connectivity index (χ2v) is 5.63. The highest BCUT2D eigenvalue weighted by Gasteiger charge is 2.14. The van der Waals surface area contributed by atoms with Gasteiger partial charge in [0.1, 0.15) is 0 Å². The van der Waals surface area contributed by atoms with Gasteiger partial charge in [0.25, 0.3) is 0 Å². The van der Waals surface area contributed by atoms with E-state index in [9.17, 15) is 0 Å². The molecule has 0 fully saturated rings. The molecule has 1 nitrogen and oxygen atoms in total. The predicted octanol–water partition coefficient (Wildman–Crippen LogP) is 4.04. The zero-order valence-electron chi connectivity index (χ0n) is 11.6. The summed E-state index contributed by atoms with van der Waals surface area (Å²) >= 11 is 1.88. The van der Waals surface area contributed by atoms with Crippen molar-refractivity contribution in [1.82, 2.24) is 5.32 Å². The lowest BCUT2D eigenvalue weighted by molar-refractivity contribution is 0.631. The van der Waals surface area contributed by atoms with Crippen LogP contribution in [0.15, 0.2) is 54.6 Å². The standard InChI is InChI=1S/C17H21NS/c1-14-8-6-7-11-16(14)17(18-12-13-19-2)15-9-4-3-5-10-15/h3-11,17-18H,12-13H2,1-2H3. The first-order valence-corrected chi connectivity index (χ1v) is 8.05. The van der Waals surface area contributed by atoms with Crippen LogP contribution in [0.4, 0.5) is 0 Å². The van der Waals surface area contributed by atoms with Crippen LogP contribution in [0.3, 0.4) is 0 Å². The fourth-order valence-corrected chi connectivity index (χ4v) is 2.59. The molecule has 0 bridgehead atoms. The van der Waals surface area contributed by atoms with Gasteiger partial charge < -0.3 is 5.32 Å². The lowest BCUT2D eigenvalue weighted by atomic mass is 9.95. The van der Waals surface area contributed by atoms with Crippen molar-refractivity contribution in [2.45, 2.75) is 13.0 Å². The maximum atomic E-state index is 3.67. The Hall–Kier alpha value is -1.25. The fraction of sp³-hybridized carbons (Fsp3) is 0.294. The van der Waals surface area contributed by atoms with Gasteiger partial charge in [-0.05, 0) is 29.9 Å². The maximum Gasteiger partial charge on any atom is 0.0579 e. The lowest BCUT2D eigenvalue weighted by Gasteiger charge is -2.21. The molecule has 0 aromatic heterocycles. The van der Waals surface area contributed by atoms with E-state index < -0.39 is 0 Å². The van der Waals surface area contributed by atoms with Crippen molar-refractivity contribution in [2.24, 2.45) is 0 Å². The molecular formula is C17H21NS. The summed E-state index contributed by atoms with van der Waals surface area (Å²) in [7, 11) is 0. The number of hydrogen-bond acceptors (Lipinski definition) is 2. The third kappa shape index (κ3) is 3.85. The summed E-state index contributed by atoms with van der Waals surface area (Å²) in [5.74, 6) is 1.13. The SMILES string of the molecule is CSCCNC(c1ccccc1)c1ccccc1C. The second-order valence-electron chi connectivity index (χ2n) is 4.65. The first-order valence-electron chi connectivity index (χ1n) is 6.65. The summed E-state index contributed by atoms with van der Waals surface area (Å²) in [6.07, 6.45) is 2.15. The molecule has 2 aromatic carbocycles. The van der Waals surface area contributed by atoms with E-state index in [2.05, 4.69) is 73.1 Å². The first-order chi connectivity index (χ1) is 9.33. The largest absolute Gasteiger partial charge is 0.305 e. The van der Waals surface area contributed by atoms with Gasteiger partial charge in [0.05, 0.1) is 6.04 Å². The van der Waals surface area contributed by atoms with Crippen LogP contribution < -0.4 is 5.32 Å². The van der Waals surface area contributed by atoms with Gasteiger partial charge in [-0.25, -0.2) is 0 Å². The molecule has 0 spiro atoms. The van der Waals surface area contributed by atoms with Crippen LogP contribution >= 0.6 is 11.8 Å². The summed E-state index contributed by atoms with van der Waals surface area (Å²) < 4.78 is 0. The van der Waals surface area contributed by atoms with E-state index in [1.165, 1.54) is 16.7 Å². The van der Waals surface area contributed by atoms with Crippen LogP contribution in [0.1, 0.15) is 22.7 Å². The smallest absolute Gasteiger partial charge is 0.0579 e. The van der Waals surface area contributed by atoms with Crippen LogP contribution in [0.5, 0.6) is 0 Å². The van der Waals surface area contributed by atoms with Gasteiger partial charge in [0.15, 0.2) is 0 Å². The van der Waals surface area contributed by atoms with E-state index in [1.807, 2.05) is 11.8 Å². The van der Waals surface area contributed by atoms with Gasteiger partial charge in [0, 0.05) is 12.3 Å². The van der Waals surface area contributed by atoms with Crippen molar-refractivity contribution in [3.05, 3.63) is 71.3 Å². The van der Waals surface area contributed by atoms with Gasteiger partial charge in [-0.15, -0.1) is 0 Å². The molecule has 0 aliphatic rings. The van der Waals surface area contributed by atoms with E-state index in [0.717, 1.165) is 12.3 Å². The number of nitrogens with one attached hydrogen (secondary N) is 1. The monoisotopic (exact) mass is 271 g/mol. The average Bonchev–Trinajstić information content (AvgIpc) is 2.46. The molecule has 0 saturated carbocycles. The minimum absolute atomic E-state index is 0.287. The quantitative estimate of drug-likeness (QED) is 0.796. The number of thioether (sulfide) groups is 1. The summed E-state index contributed by atoms with van der Waals surface area (Å²) in [4.78, 5) is 0. The Morgan fingerprint density at radius 2 is 1.68 bits per heavy atom. The number of benzene rings is 2. The summed E-state index contributed by atoms with van der Waals surface area (Å²) in [6, 6.07) is 19.6. The normalized spacial score (nSPS) is 12.3. The van der Waals surface area contributed by atoms with Crippen molar-refractivity contribution in [3.63, 3.8) is 0 Å².